The van der Waals surface area contributed by atoms with E-state index >= 15 is 0 Å². The smallest absolute Gasteiger partial charge is 0.179 e. The van der Waals surface area contributed by atoms with E-state index in [4.69, 9.17) is 30.5 Å². The van der Waals surface area contributed by atoms with Crippen LogP contribution in [0.1, 0.15) is 37.4 Å². The van der Waals surface area contributed by atoms with E-state index in [1.165, 1.54) is 5.56 Å². The molecule has 0 fully saturated rings. The van der Waals surface area contributed by atoms with E-state index in [0.29, 0.717) is 49.7 Å². The van der Waals surface area contributed by atoms with E-state index in [1.54, 1.807) is 0 Å². The normalized spacial score (nSPS) is 16.6. The molecule has 0 amide bonds. The van der Waals surface area contributed by atoms with Crippen LogP contribution in [-0.4, -0.2) is 26.4 Å². The first-order valence-electron chi connectivity index (χ1n) is 9.83. The van der Waals surface area contributed by atoms with Gasteiger partial charge in [0, 0.05) is 19.0 Å². The molecule has 0 saturated carbocycles. The van der Waals surface area contributed by atoms with E-state index in [-0.39, 0.29) is 6.04 Å². The van der Waals surface area contributed by atoms with Crippen molar-refractivity contribution in [3.63, 3.8) is 0 Å². The summed E-state index contributed by atoms with van der Waals surface area (Å²) in [5.41, 5.74) is 2.25. The minimum absolute atomic E-state index is 0.172. The van der Waals surface area contributed by atoms with Gasteiger partial charge in [0.2, 0.25) is 0 Å². The van der Waals surface area contributed by atoms with Gasteiger partial charge < -0.3 is 24.3 Å². The van der Waals surface area contributed by atoms with Crippen molar-refractivity contribution in [1.29, 1.82) is 0 Å². The molecule has 0 saturated heterocycles. The van der Waals surface area contributed by atoms with Gasteiger partial charge in [-0.3, -0.25) is 0 Å². The second-order valence-corrected chi connectivity index (χ2v) is 7.87. The van der Waals surface area contributed by atoms with E-state index in [0.717, 1.165) is 29.2 Å². The molecule has 2 aliphatic heterocycles. The van der Waals surface area contributed by atoms with E-state index in [9.17, 15) is 0 Å². The SMILES string of the molecule is CC(C)C(NCc1cc(Cl)c2c(c1)OCCCO2)c1ccc2c(c1)OCCO2. The Hall–Kier alpha value is -2.11. The van der Waals surface area contributed by atoms with Crippen LogP contribution in [0.5, 0.6) is 23.0 Å². The lowest BCUT2D eigenvalue weighted by Crippen LogP contribution is -2.26. The molecule has 28 heavy (non-hydrogen) atoms. The van der Waals surface area contributed by atoms with Gasteiger partial charge in [0.05, 0.1) is 18.2 Å². The van der Waals surface area contributed by atoms with Crippen molar-refractivity contribution in [2.75, 3.05) is 26.4 Å². The second-order valence-electron chi connectivity index (χ2n) is 7.46. The van der Waals surface area contributed by atoms with Crippen LogP contribution in [0.3, 0.4) is 0 Å². The molecular formula is C22H26ClNO4. The maximum atomic E-state index is 6.43. The number of benzene rings is 2. The molecule has 150 valence electrons. The van der Waals surface area contributed by atoms with Crippen LogP contribution < -0.4 is 24.3 Å². The first-order valence-corrected chi connectivity index (χ1v) is 10.2. The summed E-state index contributed by atoms with van der Waals surface area (Å²) in [6.07, 6.45) is 0.859. The standard InChI is InChI=1S/C22H26ClNO4/c1-14(2)21(16-4-5-18-19(12-16)27-9-8-26-18)24-13-15-10-17(23)22-20(11-15)25-6-3-7-28-22/h4-5,10-12,14,21,24H,3,6-9,13H2,1-2H3. The number of nitrogens with one attached hydrogen (secondary N) is 1. The highest BCUT2D eigenvalue weighted by atomic mass is 35.5. The van der Waals surface area contributed by atoms with Gasteiger partial charge in [-0.2, -0.15) is 0 Å². The lowest BCUT2D eigenvalue weighted by Gasteiger charge is -2.26. The summed E-state index contributed by atoms with van der Waals surface area (Å²) < 4.78 is 22.9. The fourth-order valence-corrected chi connectivity index (χ4v) is 3.89. The Kier molecular flexibility index (Phi) is 5.83. The van der Waals surface area contributed by atoms with Crippen molar-refractivity contribution in [1.82, 2.24) is 5.32 Å². The third-order valence-electron chi connectivity index (χ3n) is 4.98. The Balaban J connectivity index is 1.52. The summed E-state index contributed by atoms with van der Waals surface area (Å²) in [5.74, 6) is 3.40. The number of fused-ring (bicyclic) bond motifs is 2. The highest BCUT2D eigenvalue weighted by molar-refractivity contribution is 6.32. The third kappa shape index (κ3) is 4.15. The molecule has 1 unspecified atom stereocenters. The Morgan fingerprint density at radius 1 is 0.893 bits per heavy atom. The predicted octanol–water partition coefficient (Wildman–Crippen LogP) is 4.76. The number of hydrogen-bond donors (Lipinski definition) is 1. The zero-order valence-corrected chi connectivity index (χ0v) is 17.1. The van der Waals surface area contributed by atoms with Crippen LogP contribution in [-0.2, 0) is 6.54 Å². The van der Waals surface area contributed by atoms with Crippen molar-refractivity contribution < 1.29 is 18.9 Å². The Labute approximate surface area is 170 Å². The van der Waals surface area contributed by atoms with Crippen molar-refractivity contribution in [2.24, 2.45) is 5.92 Å². The van der Waals surface area contributed by atoms with Crippen molar-refractivity contribution >= 4 is 11.6 Å². The Bertz CT molecular complexity index is 840. The lowest BCUT2D eigenvalue weighted by atomic mass is 9.95. The summed E-state index contributed by atoms with van der Waals surface area (Å²) in [4.78, 5) is 0. The van der Waals surface area contributed by atoms with Crippen LogP contribution in [0.4, 0.5) is 0 Å². The van der Waals surface area contributed by atoms with Crippen LogP contribution >= 0.6 is 11.6 Å². The quantitative estimate of drug-likeness (QED) is 0.780. The number of ether oxygens (including phenoxy) is 4. The van der Waals surface area contributed by atoms with Crippen LogP contribution in [0.25, 0.3) is 0 Å². The average Bonchev–Trinajstić information content (AvgIpc) is 2.94. The van der Waals surface area contributed by atoms with Gasteiger partial charge >= 0.3 is 0 Å². The molecule has 0 spiro atoms. The van der Waals surface area contributed by atoms with Crippen LogP contribution in [0.2, 0.25) is 5.02 Å². The van der Waals surface area contributed by atoms with Crippen LogP contribution in [0, 0.1) is 5.92 Å². The fourth-order valence-electron chi connectivity index (χ4n) is 3.61. The minimum Gasteiger partial charge on any atom is -0.489 e. The molecule has 5 nitrogen and oxygen atoms in total. The Morgan fingerprint density at radius 3 is 2.46 bits per heavy atom. The summed E-state index contributed by atoms with van der Waals surface area (Å²) in [6, 6.07) is 10.3. The number of rotatable bonds is 5. The van der Waals surface area contributed by atoms with E-state index < -0.39 is 0 Å². The van der Waals surface area contributed by atoms with Gasteiger partial charge in [-0.05, 0) is 41.3 Å². The molecule has 2 aromatic carbocycles. The zero-order chi connectivity index (χ0) is 19.5. The highest BCUT2D eigenvalue weighted by Crippen LogP contribution is 2.38. The van der Waals surface area contributed by atoms with E-state index in [1.807, 2.05) is 18.2 Å². The molecule has 0 bridgehead atoms. The van der Waals surface area contributed by atoms with Crippen LogP contribution in [0.15, 0.2) is 30.3 Å². The molecule has 2 aromatic rings. The van der Waals surface area contributed by atoms with Crippen molar-refractivity contribution in [3.05, 3.63) is 46.5 Å². The second kappa shape index (κ2) is 8.50. The van der Waals surface area contributed by atoms with Gasteiger partial charge in [-0.1, -0.05) is 31.5 Å². The molecule has 2 heterocycles. The molecule has 1 atom stereocenters. The summed E-state index contributed by atoms with van der Waals surface area (Å²) in [5, 5.41) is 4.25. The van der Waals surface area contributed by atoms with Gasteiger partial charge in [0.15, 0.2) is 23.0 Å². The number of hydrogen-bond acceptors (Lipinski definition) is 5. The highest BCUT2D eigenvalue weighted by Gasteiger charge is 2.21. The van der Waals surface area contributed by atoms with Gasteiger partial charge in [0.25, 0.3) is 0 Å². The Morgan fingerprint density at radius 2 is 1.64 bits per heavy atom. The maximum Gasteiger partial charge on any atom is 0.179 e. The monoisotopic (exact) mass is 403 g/mol. The number of halogens is 1. The van der Waals surface area contributed by atoms with Crippen molar-refractivity contribution in [2.45, 2.75) is 32.9 Å². The van der Waals surface area contributed by atoms with Gasteiger partial charge in [-0.15, -0.1) is 0 Å². The molecule has 0 radical (unpaired) electrons. The van der Waals surface area contributed by atoms with Crippen molar-refractivity contribution in [3.8, 4) is 23.0 Å². The summed E-state index contributed by atoms with van der Waals surface area (Å²) in [6.45, 7) is 7.55. The third-order valence-corrected chi connectivity index (χ3v) is 5.26. The first-order chi connectivity index (χ1) is 13.6. The topological polar surface area (TPSA) is 49.0 Å². The largest absolute Gasteiger partial charge is 0.489 e. The zero-order valence-electron chi connectivity index (χ0n) is 16.3. The molecule has 2 aliphatic rings. The molecular weight excluding hydrogens is 378 g/mol. The molecule has 4 rings (SSSR count). The molecule has 0 aromatic heterocycles. The summed E-state index contributed by atoms with van der Waals surface area (Å²) in [7, 11) is 0. The average molecular weight is 404 g/mol. The van der Waals surface area contributed by atoms with E-state index in [2.05, 4.69) is 31.3 Å². The molecule has 6 heteroatoms. The minimum atomic E-state index is 0.172. The van der Waals surface area contributed by atoms with Gasteiger partial charge in [0.1, 0.15) is 13.2 Å². The molecule has 1 N–H and O–H groups in total. The maximum absolute atomic E-state index is 6.43. The molecule has 0 aliphatic carbocycles. The first kappa shape index (κ1) is 19.2. The predicted molar refractivity (Wildman–Crippen MR) is 109 cm³/mol. The summed E-state index contributed by atoms with van der Waals surface area (Å²) >= 11 is 6.43. The van der Waals surface area contributed by atoms with Gasteiger partial charge in [-0.25, -0.2) is 0 Å². The fraction of sp³-hybridized carbons (Fsp3) is 0.455. The lowest BCUT2D eigenvalue weighted by molar-refractivity contribution is 0.171.